The highest BCUT2D eigenvalue weighted by atomic mass is 32.2. The fourth-order valence-corrected chi connectivity index (χ4v) is 2.16. The number of benzene rings is 1. The van der Waals surface area contributed by atoms with Gasteiger partial charge in [0.2, 0.25) is 0 Å². The van der Waals surface area contributed by atoms with Crippen LogP contribution in [0, 0.1) is 0 Å². The first kappa shape index (κ1) is 16.9. The normalized spacial score (nSPS) is 12.7. The molecular weight excluding hydrogens is 280 g/mol. The lowest BCUT2D eigenvalue weighted by Crippen LogP contribution is -2.41. The van der Waals surface area contributed by atoms with Gasteiger partial charge in [-0.25, -0.2) is 0 Å². The van der Waals surface area contributed by atoms with E-state index in [1.54, 1.807) is 40.0 Å². The van der Waals surface area contributed by atoms with E-state index in [2.05, 4.69) is 4.89 Å². The van der Waals surface area contributed by atoms with E-state index in [0.717, 1.165) is 5.56 Å². The second-order valence-corrected chi connectivity index (χ2v) is 7.15. The maximum atomic E-state index is 12.0. The topological polar surface area (TPSA) is 67.9 Å². The van der Waals surface area contributed by atoms with Gasteiger partial charge in [0.25, 0.3) is 0 Å². The molecule has 0 bridgehead atoms. The Hall–Kier alpha value is -1.15. The van der Waals surface area contributed by atoms with Crippen LogP contribution in [0.4, 0.5) is 0 Å². The first-order chi connectivity index (χ1) is 9.14. The fourth-order valence-electron chi connectivity index (χ4n) is 1.35. The number of methoxy groups -OCH3 is 1. The van der Waals surface area contributed by atoms with Crippen molar-refractivity contribution in [2.45, 2.75) is 32.9 Å². The Labute approximate surface area is 120 Å². The summed E-state index contributed by atoms with van der Waals surface area (Å²) in [6.45, 7) is 5.51. The quantitative estimate of drug-likeness (QED) is 0.812. The van der Waals surface area contributed by atoms with E-state index in [0.29, 0.717) is 5.75 Å². The second kappa shape index (κ2) is 6.53. The molecule has 0 saturated carbocycles. The summed E-state index contributed by atoms with van der Waals surface area (Å²) >= 11 is 0. The van der Waals surface area contributed by atoms with Crippen molar-refractivity contribution in [1.82, 2.24) is 9.19 Å². The lowest BCUT2D eigenvalue weighted by atomic mass is 10.2. The number of hydrogen-bond acceptors (Lipinski definition) is 4. The Balaban J connectivity index is 2.71. The van der Waals surface area contributed by atoms with Crippen molar-refractivity contribution in [3.8, 4) is 5.75 Å². The molecule has 20 heavy (non-hydrogen) atoms. The highest BCUT2D eigenvalue weighted by molar-refractivity contribution is 7.86. The van der Waals surface area contributed by atoms with Crippen LogP contribution in [0.1, 0.15) is 26.3 Å². The smallest absolute Gasteiger partial charge is 0.301 e. The van der Waals surface area contributed by atoms with Crippen molar-refractivity contribution in [3.05, 3.63) is 29.8 Å². The van der Waals surface area contributed by atoms with E-state index in [9.17, 15) is 8.42 Å². The molecule has 0 aliphatic rings. The van der Waals surface area contributed by atoms with Crippen molar-refractivity contribution in [1.29, 1.82) is 0 Å². The molecule has 7 heteroatoms. The zero-order valence-electron chi connectivity index (χ0n) is 12.5. The van der Waals surface area contributed by atoms with Gasteiger partial charge < -0.3 is 4.74 Å². The maximum absolute atomic E-state index is 12.0. The minimum absolute atomic E-state index is 0.222. The summed E-state index contributed by atoms with van der Waals surface area (Å²) in [4.78, 5) is 7.21. The molecule has 114 valence electrons. The van der Waals surface area contributed by atoms with Crippen LogP contribution in [0.2, 0.25) is 0 Å². The zero-order chi connectivity index (χ0) is 15.4. The number of nitrogens with zero attached hydrogens (tertiary/aromatic N) is 1. The van der Waals surface area contributed by atoms with Gasteiger partial charge in [-0.1, -0.05) is 17.0 Å². The van der Waals surface area contributed by atoms with E-state index in [1.165, 1.54) is 11.4 Å². The summed E-state index contributed by atoms with van der Waals surface area (Å²) in [5, 5.41) is 0. The zero-order valence-corrected chi connectivity index (χ0v) is 13.3. The van der Waals surface area contributed by atoms with Gasteiger partial charge in [0.1, 0.15) is 5.75 Å². The van der Waals surface area contributed by atoms with E-state index in [4.69, 9.17) is 9.57 Å². The van der Waals surface area contributed by atoms with E-state index in [1.807, 2.05) is 12.1 Å². The highest BCUT2D eigenvalue weighted by Gasteiger charge is 2.21. The molecule has 0 unspecified atom stereocenters. The first-order valence-corrected chi connectivity index (χ1v) is 7.62. The van der Waals surface area contributed by atoms with Crippen molar-refractivity contribution in [3.63, 3.8) is 0 Å². The molecule has 1 rings (SSSR count). The first-order valence-electron chi connectivity index (χ1n) is 6.18. The number of nitrogens with one attached hydrogen (secondary N) is 1. The van der Waals surface area contributed by atoms with Gasteiger partial charge >= 0.3 is 10.2 Å². The molecule has 1 aromatic rings. The van der Waals surface area contributed by atoms with Gasteiger partial charge in [0.05, 0.1) is 12.7 Å². The molecule has 6 nitrogen and oxygen atoms in total. The Bertz CT molecular complexity index is 538. The van der Waals surface area contributed by atoms with Gasteiger partial charge in [-0.05, 0) is 38.5 Å². The minimum atomic E-state index is -3.69. The van der Waals surface area contributed by atoms with Crippen LogP contribution in [0.3, 0.4) is 0 Å². The van der Waals surface area contributed by atoms with E-state index < -0.39 is 15.8 Å². The SMILES string of the molecule is COc1cccc(CN(C)S(=O)(=O)NOC(C)(C)C)c1. The average Bonchev–Trinajstić information content (AvgIpc) is 2.36. The van der Waals surface area contributed by atoms with Crippen molar-refractivity contribution in [2.24, 2.45) is 0 Å². The number of ether oxygens (including phenoxy) is 1. The third-order valence-corrected chi connectivity index (χ3v) is 3.65. The van der Waals surface area contributed by atoms with Crippen LogP contribution in [0.15, 0.2) is 24.3 Å². The van der Waals surface area contributed by atoms with Crippen LogP contribution < -0.4 is 9.62 Å². The van der Waals surface area contributed by atoms with Gasteiger partial charge in [-0.15, -0.1) is 0 Å². The number of hydrogen-bond donors (Lipinski definition) is 1. The second-order valence-electron chi connectivity index (χ2n) is 5.41. The lowest BCUT2D eigenvalue weighted by molar-refractivity contribution is -0.0379. The van der Waals surface area contributed by atoms with Gasteiger partial charge in [0.15, 0.2) is 0 Å². The van der Waals surface area contributed by atoms with Crippen LogP contribution in [-0.2, 0) is 21.6 Å². The minimum Gasteiger partial charge on any atom is -0.497 e. The van der Waals surface area contributed by atoms with Crippen LogP contribution in [0.5, 0.6) is 5.75 Å². The molecule has 0 aromatic heterocycles. The van der Waals surface area contributed by atoms with Crippen LogP contribution in [0.25, 0.3) is 0 Å². The summed E-state index contributed by atoms with van der Waals surface area (Å²) in [6.07, 6.45) is 0. The summed E-state index contributed by atoms with van der Waals surface area (Å²) in [7, 11) is -0.643. The molecule has 0 heterocycles. The highest BCUT2D eigenvalue weighted by Crippen LogP contribution is 2.15. The predicted molar refractivity (Wildman–Crippen MR) is 77.4 cm³/mol. The predicted octanol–water partition coefficient (Wildman–Crippen LogP) is 1.69. The van der Waals surface area contributed by atoms with Crippen molar-refractivity contribution < 1.29 is 18.0 Å². The maximum Gasteiger partial charge on any atom is 0.301 e. The standard InChI is InChI=1S/C13H22N2O4S/c1-13(2,3)19-14-20(16,17)15(4)10-11-7-6-8-12(9-11)18-5/h6-9,14H,10H2,1-5H3. The Morgan fingerprint density at radius 3 is 2.50 bits per heavy atom. The Morgan fingerprint density at radius 1 is 1.30 bits per heavy atom. The largest absolute Gasteiger partial charge is 0.497 e. The molecule has 0 amide bonds. The average molecular weight is 302 g/mol. The lowest BCUT2D eigenvalue weighted by Gasteiger charge is -2.23. The molecule has 1 N–H and O–H groups in total. The molecule has 0 saturated heterocycles. The molecule has 1 aromatic carbocycles. The van der Waals surface area contributed by atoms with Crippen LogP contribution >= 0.6 is 0 Å². The monoisotopic (exact) mass is 302 g/mol. The van der Waals surface area contributed by atoms with E-state index in [-0.39, 0.29) is 6.54 Å². The molecule has 0 radical (unpaired) electrons. The summed E-state index contributed by atoms with van der Waals surface area (Å²) in [6, 6.07) is 7.24. The fraction of sp³-hybridized carbons (Fsp3) is 0.538. The summed E-state index contributed by atoms with van der Waals surface area (Å²) < 4.78 is 30.3. The summed E-state index contributed by atoms with van der Waals surface area (Å²) in [5.41, 5.74) is 0.233. The number of rotatable bonds is 6. The molecular formula is C13H22N2O4S. The van der Waals surface area contributed by atoms with E-state index >= 15 is 0 Å². The van der Waals surface area contributed by atoms with Gasteiger partial charge in [0, 0.05) is 13.6 Å². The third-order valence-electron chi connectivity index (χ3n) is 2.40. The molecule has 0 atom stereocenters. The Morgan fingerprint density at radius 2 is 1.95 bits per heavy atom. The molecule has 0 fully saturated rings. The van der Waals surface area contributed by atoms with Crippen molar-refractivity contribution >= 4 is 10.2 Å². The van der Waals surface area contributed by atoms with Crippen LogP contribution in [-0.4, -0.2) is 32.5 Å². The molecule has 0 aliphatic heterocycles. The molecule has 0 spiro atoms. The van der Waals surface area contributed by atoms with Crippen molar-refractivity contribution in [2.75, 3.05) is 14.2 Å². The van der Waals surface area contributed by atoms with Gasteiger partial charge in [-0.3, -0.25) is 4.84 Å². The Kier molecular flexibility index (Phi) is 5.52. The molecule has 0 aliphatic carbocycles. The third kappa shape index (κ3) is 5.46. The summed E-state index contributed by atoms with van der Waals surface area (Å²) in [5.74, 6) is 0.687. The van der Waals surface area contributed by atoms with Gasteiger partial charge in [-0.2, -0.15) is 12.7 Å².